The third-order valence-electron chi connectivity index (χ3n) is 4.31. The molecule has 1 aliphatic heterocycles. The second kappa shape index (κ2) is 15.3. The fourth-order valence-corrected chi connectivity index (χ4v) is 3.57. The molecule has 2 aromatic rings. The van der Waals surface area contributed by atoms with Crippen molar-refractivity contribution in [3.8, 4) is 0 Å². The van der Waals surface area contributed by atoms with Gasteiger partial charge in [0.05, 0.1) is 24.8 Å². The number of carbonyl (C=O) groups excluding carboxylic acids is 1. The van der Waals surface area contributed by atoms with E-state index in [-0.39, 0.29) is 49.0 Å². The molecule has 0 aliphatic carbocycles. The summed E-state index contributed by atoms with van der Waals surface area (Å²) in [5.41, 5.74) is 1.98. The Hall–Kier alpha value is -1.58. The number of furan rings is 1. The summed E-state index contributed by atoms with van der Waals surface area (Å²) in [5.74, 6) is 3.61. The number of guanidine groups is 1. The Morgan fingerprint density at radius 1 is 1.16 bits per heavy atom. The van der Waals surface area contributed by atoms with Crippen molar-refractivity contribution >= 4 is 67.1 Å². The van der Waals surface area contributed by atoms with E-state index in [0.717, 1.165) is 40.8 Å². The Morgan fingerprint density at radius 3 is 2.56 bits per heavy atom. The summed E-state index contributed by atoms with van der Waals surface area (Å²) < 4.78 is 5.79. The van der Waals surface area contributed by atoms with Crippen LogP contribution in [-0.4, -0.2) is 54.4 Å². The number of nitrogens with zero attached hydrogens (tertiary/aromatic N) is 4. The molecule has 11 heteroatoms. The average Bonchev–Trinajstić information content (AvgIpc) is 3.12. The Bertz CT molecular complexity index is 888. The van der Waals surface area contributed by atoms with E-state index >= 15 is 0 Å². The highest BCUT2D eigenvalue weighted by Crippen LogP contribution is 2.16. The van der Waals surface area contributed by atoms with Crippen LogP contribution in [0.5, 0.6) is 0 Å². The average molecular weight is 523 g/mol. The number of aryl methyl sites for hydroxylation is 1. The first-order valence-corrected chi connectivity index (χ1v) is 10.8. The number of carbonyl (C=O) groups is 1. The van der Waals surface area contributed by atoms with E-state index < -0.39 is 0 Å². The van der Waals surface area contributed by atoms with Gasteiger partial charge in [-0.25, -0.2) is 4.99 Å². The number of hydrogen-bond acceptors (Lipinski definition) is 6. The Labute approximate surface area is 212 Å². The maximum atomic E-state index is 12.3. The molecular formula is C21H30Cl3N5O2S. The maximum Gasteiger partial charge on any atom is 0.235 e. The minimum absolute atomic E-state index is 0. The topological polar surface area (TPSA) is 83.1 Å². The molecule has 0 spiro atoms. The number of hydrogen-bond donors (Lipinski definition) is 1. The van der Waals surface area contributed by atoms with E-state index in [4.69, 9.17) is 4.42 Å². The molecule has 0 saturated heterocycles. The maximum absolute atomic E-state index is 12.3. The predicted octanol–water partition coefficient (Wildman–Crippen LogP) is 3.96. The fraction of sp³-hybridized carbons (Fsp3) is 0.429. The van der Waals surface area contributed by atoms with E-state index in [9.17, 15) is 4.79 Å². The molecule has 1 unspecified atom stereocenters. The van der Waals surface area contributed by atoms with E-state index in [1.807, 2.05) is 45.3 Å². The van der Waals surface area contributed by atoms with Gasteiger partial charge in [0, 0.05) is 23.9 Å². The van der Waals surface area contributed by atoms with Gasteiger partial charge in [0.15, 0.2) is 0 Å². The van der Waals surface area contributed by atoms with E-state index in [2.05, 4.69) is 25.2 Å². The molecule has 3 rings (SSSR count). The molecule has 0 aromatic carbocycles. The first kappa shape index (κ1) is 30.4. The Morgan fingerprint density at radius 2 is 1.91 bits per heavy atom. The van der Waals surface area contributed by atoms with Crippen LogP contribution in [0.4, 0.5) is 0 Å². The van der Waals surface area contributed by atoms with E-state index in [1.165, 1.54) is 0 Å². The van der Waals surface area contributed by atoms with Gasteiger partial charge in [-0.2, -0.15) is 11.8 Å². The smallest absolute Gasteiger partial charge is 0.235 e. The van der Waals surface area contributed by atoms with E-state index in [1.54, 1.807) is 24.2 Å². The minimum atomic E-state index is -0.289. The van der Waals surface area contributed by atoms with Gasteiger partial charge in [-0.3, -0.25) is 20.1 Å². The fourth-order valence-electron chi connectivity index (χ4n) is 2.85. The zero-order chi connectivity index (χ0) is 20.6. The highest BCUT2D eigenvalue weighted by atomic mass is 35.5. The molecule has 0 saturated carbocycles. The molecule has 2 aromatic heterocycles. The monoisotopic (exact) mass is 521 g/mol. The zero-order valence-corrected chi connectivity index (χ0v) is 21.6. The molecule has 178 valence electrons. The normalized spacial score (nSPS) is 16.2. The molecule has 0 fully saturated rings. The molecule has 32 heavy (non-hydrogen) atoms. The first-order valence-electron chi connectivity index (χ1n) is 9.60. The van der Waals surface area contributed by atoms with Crippen molar-refractivity contribution in [3.05, 3.63) is 53.2 Å². The lowest BCUT2D eigenvalue weighted by Crippen LogP contribution is -2.40. The molecular weight excluding hydrogens is 493 g/mol. The van der Waals surface area contributed by atoms with Gasteiger partial charge < -0.3 is 9.32 Å². The third kappa shape index (κ3) is 9.92. The van der Waals surface area contributed by atoms with Crippen LogP contribution in [0.2, 0.25) is 0 Å². The summed E-state index contributed by atoms with van der Waals surface area (Å²) in [6.45, 7) is 3.34. The first-order chi connectivity index (χ1) is 14.0. The second-order valence-electron chi connectivity index (χ2n) is 7.25. The summed E-state index contributed by atoms with van der Waals surface area (Å²) in [7, 11) is 4.04. The van der Waals surface area contributed by atoms with Crippen LogP contribution in [0, 0.1) is 12.8 Å². The van der Waals surface area contributed by atoms with Crippen LogP contribution in [0.3, 0.4) is 0 Å². The van der Waals surface area contributed by atoms with Crippen LogP contribution in [0.1, 0.15) is 22.8 Å². The molecule has 0 bridgehead atoms. The Balaban J connectivity index is 0.00000320. The number of halogens is 3. The summed E-state index contributed by atoms with van der Waals surface area (Å²) in [6.07, 6.45) is 4.07. The number of rotatable bonds is 9. The van der Waals surface area contributed by atoms with Gasteiger partial charge in [0.2, 0.25) is 11.9 Å². The number of nitrogens with one attached hydrogen (secondary N) is 1. The number of pyridine rings is 1. The van der Waals surface area contributed by atoms with Crippen LogP contribution >= 0.6 is 49.0 Å². The number of thioether (sulfide) groups is 1. The molecule has 7 nitrogen and oxygen atoms in total. The standard InChI is InChI=1S/C21H27N5O2S.3ClH/c1-15-4-5-16(11-23-15)10-17-12-24-21(25-20(17)27)22-8-9-29-14-19-7-6-18(28-19)13-26(2)3;;;/h4-7,11-12,17H,8-10,13-14H2,1-3H3,(H,22,25,27);3*1H. The lowest BCUT2D eigenvalue weighted by Gasteiger charge is -2.17. The van der Waals surface area contributed by atoms with Crippen LogP contribution in [0.25, 0.3) is 0 Å². The highest BCUT2D eigenvalue weighted by Gasteiger charge is 2.22. The Kier molecular flexibility index (Phi) is 14.5. The molecule has 1 N–H and O–H groups in total. The summed E-state index contributed by atoms with van der Waals surface area (Å²) in [4.78, 5) is 27.3. The van der Waals surface area contributed by atoms with Crippen molar-refractivity contribution in [1.29, 1.82) is 0 Å². The molecule has 1 atom stereocenters. The van der Waals surface area contributed by atoms with Gasteiger partial charge in [-0.1, -0.05) is 6.07 Å². The van der Waals surface area contributed by atoms with Crippen molar-refractivity contribution < 1.29 is 9.21 Å². The summed E-state index contributed by atoms with van der Waals surface area (Å²) in [6, 6.07) is 7.98. The predicted molar refractivity (Wildman–Crippen MR) is 139 cm³/mol. The van der Waals surface area contributed by atoms with Gasteiger partial charge in [0.1, 0.15) is 11.5 Å². The number of aromatic nitrogens is 1. The van der Waals surface area contributed by atoms with Crippen LogP contribution in [0.15, 0.2) is 44.9 Å². The highest BCUT2D eigenvalue weighted by molar-refractivity contribution is 7.98. The molecule has 3 heterocycles. The van der Waals surface area contributed by atoms with Crippen LogP contribution < -0.4 is 5.32 Å². The molecule has 1 amide bonds. The van der Waals surface area contributed by atoms with Gasteiger partial charge in [0.25, 0.3) is 0 Å². The van der Waals surface area contributed by atoms with Gasteiger partial charge in [-0.05, 0) is 51.2 Å². The molecule has 1 aliphatic rings. The van der Waals surface area contributed by atoms with Crippen molar-refractivity contribution in [1.82, 2.24) is 15.2 Å². The summed E-state index contributed by atoms with van der Waals surface area (Å²) >= 11 is 1.75. The van der Waals surface area contributed by atoms with Crippen molar-refractivity contribution in [2.45, 2.75) is 25.6 Å². The van der Waals surface area contributed by atoms with Crippen molar-refractivity contribution in [2.75, 3.05) is 26.4 Å². The molecule has 0 radical (unpaired) electrons. The summed E-state index contributed by atoms with van der Waals surface area (Å²) in [5, 5.41) is 2.79. The largest absolute Gasteiger partial charge is 0.464 e. The van der Waals surface area contributed by atoms with Gasteiger partial charge >= 0.3 is 0 Å². The zero-order valence-electron chi connectivity index (χ0n) is 18.3. The van der Waals surface area contributed by atoms with Crippen molar-refractivity contribution in [3.63, 3.8) is 0 Å². The van der Waals surface area contributed by atoms with Crippen LogP contribution in [-0.2, 0) is 23.5 Å². The van der Waals surface area contributed by atoms with Crippen molar-refractivity contribution in [2.24, 2.45) is 15.9 Å². The minimum Gasteiger partial charge on any atom is -0.464 e. The number of aliphatic imine (C=N–C) groups is 2. The SMILES string of the molecule is Cc1ccc(CC2C=NC(=NCCSCc3ccc(CN(C)C)o3)NC2=O)cn1.Cl.Cl.Cl. The van der Waals surface area contributed by atoms with E-state index in [0.29, 0.717) is 18.9 Å². The third-order valence-corrected chi connectivity index (χ3v) is 5.27. The number of amides is 1. The lowest BCUT2D eigenvalue weighted by atomic mass is 10.00. The second-order valence-corrected chi connectivity index (χ2v) is 8.35. The quantitative estimate of drug-likeness (QED) is 0.504. The van der Waals surface area contributed by atoms with Gasteiger partial charge in [-0.15, -0.1) is 37.2 Å². The lowest BCUT2D eigenvalue weighted by molar-refractivity contribution is -0.121.